The summed E-state index contributed by atoms with van der Waals surface area (Å²) < 4.78 is 5.97. The van der Waals surface area contributed by atoms with Crippen LogP contribution in [-0.2, 0) is 19.2 Å². The van der Waals surface area contributed by atoms with Gasteiger partial charge in [0.2, 0.25) is 11.8 Å². The van der Waals surface area contributed by atoms with Gasteiger partial charge in [-0.25, -0.2) is 4.79 Å². The van der Waals surface area contributed by atoms with E-state index in [2.05, 4.69) is 10.6 Å². The lowest BCUT2D eigenvalue weighted by Gasteiger charge is -2.27. The molecular weight excluding hydrogens is 638 g/mol. The molecule has 0 saturated heterocycles. The molecule has 12 heteroatoms. The minimum absolute atomic E-state index is 0.188. The van der Waals surface area contributed by atoms with E-state index in [4.69, 9.17) is 4.74 Å². The number of nitrogens with zero attached hydrogens (tertiary/aromatic N) is 3. The monoisotopic (exact) mass is 679 g/mol. The van der Waals surface area contributed by atoms with Gasteiger partial charge in [0.15, 0.2) is 6.61 Å². The Bertz CT molecular complexity index is 1860. The summed E-state index contributed by atoms with van der Waals surface area (Å²) in [6.07, 6.45) is 0. The Labute approximate surface area is 291 Å². The molecule has 260 valence electrons. The second-order valence-corrected chi connectivity index (χ2v) is 11.7. The van der Waals surface area contributed by atoms with Crippen LogP contribution in [0.25, 0.3) is 0 Å². The van der Waals surface area contributed by atoms with Crippen molar-refractivity contribution in [3.8, 4) is 5.75 Å². The van der Waals surface area contributed by atoms with Gasteiger partial charge in [0, 0.05) is 31.2 Å². The molecule has 0 radical (unpaired) electrons. The van der Waals surface area contributed by atoms with E-state index >= 15 is 0 Å². The van der Waals surface area contributed by atoms with Gasteiger partial charge >= 0.3 is 12.0 Å². The highest BCUT2D eigenvalue weighted by Gasteiger charge is 2.26. The molecule has 12 nitrogen and oxygen atoms in total. The zero-order chi connectivity index (χ0) is 36.4. The highest BCUT2D eigenvalue weighted by Crippen LogP contribution is 2.29. The highest BCUT2D eigenvalue weighted by atomic mass is 16.5. The average Bonchev–Trinajstić information content (AvgIpc) is 3.12. The van der Waals surface area contributed by atoms with E-state index in [1.165, 1.54) is 27.7 Å². The molecule has 0 fully saturated rings. The Morgan fingerprint density at radius 2 is 1.42 bits per heavy atom. The van der Waals surface area contributed by atoms with Crippen LogP contribution < -0.4 is 30.1 Å². The van der Waals surface area contributed by atoms with Gasteiger partial charge in [-0.05, 0) is 79.9 Å². The Morgan fingerprint density at radius 3 is 2.14 bits per heavy atom. The van der Waals surface area contributed by atoms with Crippen LogP contribution >= 0.6 is 0 Å². The summed E-state index contributed by atoms with van der Waals surface area (Å²) in [5, 5.41) is 14.5. The zero-order valence-corrected chi connectivity index (χ0v) is 28.7. The third-order valence-corrected chi connectivity index (χ3v) is 8.35. The van der Waals surface area contributed by atoms with Crippen LogP contribution in [0.1, 0.15) is 29.5 Å². The molecule has 0 bridgehead atoms. The number of nitrogens with one attached hydrogen (secondary N) is 2. The fraction of sp³-hybridized carbons (Fsp3) is 0.237. The summed E-state index contributed by atoms with van der Waals surface area (Å²) >= 11 is 0. The first-order valence-corrected chi connectivity index (χ1v) is 15.9. The van der Waals surface area contributed by atoms with Crippen LogP contribution in [0.4, 0.5) is 27.5 Å². The van der Waals surface area contributed by atoms with Crippen molar-refractivity contribution in [2.45, 2.75) is 26.7 Å². The number of benzene rings is 4. The van der Waals surface area contributed by atoms with E-state index in [1.54, 1.807) is 80.8 Å². The number of ether oxygens (including phenoxy) is 1. The van der Waals surface area contributed by atoms with E-state index in [0.29, 0.717) is 16.9 Å². The Morgan fingerprint density at radius 1 is 0.760 bits per heavy atom. The predicted molar refractivity (Wildman–Crippen MR) is 193 cm³/mol. The normalized spacial score (nSPS) is 11.1. The molecule has 4 rings (SSSR count). The van der Waals surface area contributed by atoms with E-state index in [-0.39, 0.29) is 24.0 Å². The first-order valence-electron chi connectivity index (χ1n) is 15.9. The van der Waals surface area contributed by atoms with Crippen LogP contribution in [0.2, 0.25) is 0 Å². The van der Waals surface area contributed by atoms with Gasteiger partial charge in [0.1, 0.15) is 12.3 Å². The molecule has 4 aromatic carbocycles. The van der Waals surface area contributed by atoms with Gasteiger partial charge in [0.05, 0.1) is 18.2 Å². The number of carboxylic acid groups (broad SMARTS) is 1. The zero-order valence-electron chi connectivity index (χ0n) is 28.7. The summed E-state index contributed by atoms with van der Waals surface area (Å²) in [7, 11) is 3.25. The minimum Gasteiger partial charge on any atom is -0.482 e. The first-order chi connectivity index (χ1) is 23.9. The largest absolute Gasteiger partial charge is 0.482 e. The lowest BCUT2D eigenvalue weighted by atomic mass is 10.0. The van der Waals surface area contributed by atoms with Crippen LogP contribution in [-0.4, -0.2) is 68.6 Å². The quantitative estimate of drug-likeness (QED) is 0.173. The number of amides is 5. The van der Waals surface area contributed by atoms with E-state index in [1.807, 2.05) is 38.1 Å². The molecule has 1 atom stereocenters. The Hall–Kier alpha value is -6.17. The standard InChI is InChI=1S/C38H41N5O7/c1-25-13-11-19-31(26(25)2)42(5)36(46)24-50-33-20-10-9-18-32(33)43(23-35(45)41(4)30-16-7-6-8-17-30)34(44)22-39-38(49)40-29-15-12-14-28(21-29)27(3)37(47)48/h6-21,27H,22-24H2,1-5H3,(H,47,48)(H2,39,40,49). The number of para-hydroxylation sites is 3. The number of carbonyl (C=O) groups excluding carboxylic acids is 4. The van der Waals surface area contributed by atoms with Gasteiger partial charge in [0.25, 0.3) is 5.91 Å². The first kappa shape index (κ1) is 36.7. The molecule has 0 aromatic heterocycles. The summed E-state index contributed by atoms with van der Waals surface area (Å²) in [5.41, 5.74) is 4.42. The minimum atomic E-state index is -1.01. The van der Waals surface area contributed by atoms with Gasteiger partial charge in [-0.15, -0.1) is 0 Å². The lowest BCUT2D eigenvalue weighted by Crippen LogP contribution is -2.46. The number of urea groups is 1. The molecule has 0 aliphatic rings. The maximum atomic E-state index is 13.8. The number of aryl methyl sites for hydroxylation is 1. The fourth-order valence-corrected chi connectivity index (χ4v) is 5.07. The van der Waals surface area contributed by atoms with Crippen molar-refractivity contribution in [1.29, 1.82) is 0 Å². The number of rotatable bonds is 13. The molecule has 0 spiro atoms. The van der Waals surface area contributed by atoms with Crippen LogP contribution in [0.5, 0.6) is 5.75 Å². The second-order valence-electron chi connectivity index (χ2n) is 11.7. The SMILES string of the molecule is Cc1cccc(N(C)C(=O)COc2ccccc2N(CC(=O)N(C)c2ccccc2)C(=O)CNC(=O)Nc2cccc(C(C)C(=O)O)c2)c1C. The number of likely N-dealkylation sites (N-methyl/N-ethyl adjacent to an activating group) is 2. The summed E-state index contributed by atoms with van der Waals surface area (Å²) in [5.74, 6) is -2.98. The maximum absolute atomic E-state index is 13.8. The lowest BCUT2D eigenvalue weighted by molar-refractivity contribution is -0.138. The summed E-state index contributed by atoms with van der Waals surface area (Å²) in [4.78, 5) is 68.9. The van der Waals surface area contributed by atoms with Crippen molar-refractivity contribution in [2.75, 3.05) is 53.8 Å². The van der Waals surface area contributed by atoms with E-state index in [0.717, 1.165) is 16.8 Å². The molecule has 5 amide bonds. The molecule has 0 saturated carbocycles. The second kappa shape index (κ2) is 16.8. The highest BCUT2D eigenvalue weighted by molar-refractivity contribution is 6.06. The molecule has 0 heterocycles. The van der Waals surface area contributed by atoms with Gasteiger partial charge in [-0.2, -0.15) is 0 Å². The fourth-order valence-electron chi connectivity index (χ4n) is 5.07. The van der Waals surface area contributed by atoms with Gasteiger partial charge in [-0.1, -0.05) is 54.6 Å². The molecule has 50 heavy (non-hydrogen) atoms. The molecular formula is C38H41N5O7. The van der Waals surface area contributed by atoms with E-state index < -0.39 is 42.8 Å². The van der Waals surface area contributed by atoms with Crippen LogP contribution in [0.15, 0.2) is 97.1 Å². The Balaban J connectivity index is 1.53. The van der Waals surface area contributed by atoms with Gasteiger partial charge < -0.3 is 30.3 Å². The number of hydrogen-bond acceptors (Lipinski definition) is 6. The molecule has 0 aliphatic heterocycles. The Kier molecular flexibility index (Phi) is 12.3. The maximum Gasteiger partial charge on any atom is 0.319 e. The third kappa shape index (κ3) is 9.25. The number of carbonyl (C=O) groups is 5. The average molecular weight is 680 g/mol. The van der Waals surface area contributed by atoms with Crippen molar-refractivity contribution in [2.24, 2.45) is 0 Å². The third-order valence-electron chi connectivity index (χ3n) is 8.35. The topological polar surface area (TPSA) is 149 Å². The molecule has 3 N–H and O–H groups in total. The number of aliphatic carboxylic acids is 1. The van der Waals surface area contributed by atoms with Crippen molar-refractivity contribution < 1.29 is 33.8 Å². The number of carboxylic acids is 1. The van der Waals surface area contributed by atoms with Crippen molar-refractivity contribution >= 4 is 52.5 Å². The molecule has 1 unspecified atom stereocenters. The summed E-state index contributed by atoms with van der Waals surface area (Å²) in [6, 6.07) is 26.8. The van der Waals surface area contributed by atoms with Crippen molar-refractivity contribution in [3.63, 3.8) is 0 Å². The number of anilines is 4. The molecule has 0 aliphatic carbocycles. The number of hydrogen-bond donors (Lipinski definition) is 3. The van der Waals surface area contributed by atoms with E-state index in [9.17, 15) is 29.1 Å². The van der Waals surface area contributed by atoms with Gasteiger partial charge in [-0.3, -0.25) is 24.1 Å². The predicted octanol–water partition coefficient (Wildman–Crippen LogP) is 5.35. The van der Waals surface area contributed by atoms with Crippen LogP contribution in [0.3, 0.4) is 0 Å². The van der Waals surface area contributed by atoms with Crippen molar-refractivity contribution in [3.05, 3.63) is 114 Å². The smallest absolute Gasteiger partial charge is 0.319 e. The van der Waals surface area contributed by atoms with Crippen LogP contribution in [0, 0.1) is 13.8 Å². The summed E-state index contributed by atoms with van der Waals surface area (Å²) in [6.45, 7) is 4.18. The van der Waals surface area contributed by atoms with Crippen molar-refractivity contribution in [1.82, 2.24) is 5.32 Å². The molecule has 4 aromatic rings.